The topological polar surface area (TPSA) is 76.1 Å². The van der Waals surface area contributed by atoms with Crippen molar-refractivity contribution < 1.29 is 8.42 Å². The van der Waals surface area contributed by atoms with Crippen molar-refractivity contribution in [2.75, 3.05) is 0 Å². The average molecular weight is 310 g/mol. The van der Waals surface area contributed by atoms with E-state index in [1.54, 1.807) is 18.3 Å². The molecule has 2 aromatic rings. The van der Waals surface area contributed by atoms with Gasteiger partial charge in [0.05, 0.1) is 6.54 Å². The van der Waals surface area contributed by atoms with Crippen molar-refractivity contribution in [1.29, 1.82) is 0 Å². The Morgan fingerprint density at radius 1 is 1.40 bits per heavy atom. The number of hydrogen-bond donors (Lipinski definition) is 0. The van der Waals surface area contributed by atoms with E-state index in [1.807, 2.05) is 6.92 Å². The van der Waals surface area contributed by atoms with Crippen LogP contribution in [0.25, 0.3) is 0 Å². The fourth-order valence-corrected chi connectivity index (χ4v) is 4.34. The molecule has 0 aliphatic heterocycles. The first-order chi connectivity index (χ1) is 9.57. The second-order valence-corrected chi connectivity index (χ2v) is 7.84. The van der Waals surface area contributed by atoms with E-state index in [4.69, 9.17) is 0 Å². The normalized spacial score (nSPS) is 15.7. The zero-order chi connectivity index (χ0) is 14.2. The van der Waals surface area contributed by atoms with Crippen molar-refractivity contribution in [2.45, 2.75) is 37.2 Å². The summed E-state index contributed by atoms with van der Waals surface area (Å²) in [6.45, 7) is 2.14. The van der Waals surface area contributed by atoms with Gasteiger partial charge in [0.1, 0.15) is 14.9 Å². The summed E-state index contributed by atoms with van der Waals surface area (Å²) in [6.07, 6.45) is 4.75. The Morgan fingerprint density at radius 3 is 2.75 bits per heavy atom. The molecule has 0 atom stereocenters. The number of aromatic nitrogens is 3. The maximum absolute atomic E-state index is 12.7. The average Bonchev–Trinajstić information content (AvgIpc) is 3.20. The van der Waals surface area contributed by atoms with Crippen LogP contribution in [0, 0.1) is 6.92 Å². The van der Waals surface area contributed by atoms with Gasteiger partial charge in [-0.05, 0) is 31.9 Å². The molecule has 8 heteroatoms. The maximum Gasteiger partial charge on any atom is 0.245 e. The Kier molecular flexibility index (Phi) is 3.53. The molecule has 0 N–H and O–H groups in total. The fourth-order valence-electron chi connectivity index (χ4n) is 1.94. The maximum atomic E-state index is 12.7. The van der Waals surface area contributed by atoms with Gasteiger partial charge in [0, 0.05) is 18.4 Å². The Balaban J connectivity index is 1.91. The molecule has 0 aromatic carbocycles. The monoisotopic (exact) mass is 310 g/mol. The molecule has 0 unspecified atom stereocenters. The van der Waals surface area contributed by atoms with Crippen LogP contribution in [0.5, 0.6) is 0 Å². The van der Waals surface area contributed by atoms with Crippen LogP contribution in [0.4, 0.5) is 0 Å². The minimum Gasteiger partial charge on any atom is -0.263 e. The molecule has 0 bridgehead atoms. The van der Waals surface area contributed by atoms with Gasteiger partial charge in [-0.25, -0.2) is 8.42 Å². The van der Waals surface area contributed by atoms with Crippen molar-refractivity contribution in [3.05, 3.63) is 34.5 Å². The molecule has 0 radical (unpaired) electrons. The van der Waals surface area contributed by atoms with Gasteiger partial charge >= 0.3 is 0 Å². The highest BCUT2D eigenvalue weighted by Gasteiger charge is 2.38. The molecule has 106 valence electrons. The number of nitrogens with zero attached hydrogens (tertiary/aromatic N) is 4. The number of sulfonamides is 1. The van der Waals surface area contributed by atoms with Gasteiger partial charge in [0.15, 0.2) is 0 Å². The highest BCUT2D eigenvalue weighted by Crippen LogP contribution is 2.33. The molecule has 2 heterocycles. The first-order valence-electron chi connectivity index (χ1n) is 6.28. The third-order valence-corrected chi connectivity index (χ3v) is 5.76. The summed E-state index contributed by atoms with van der Waals surface area (Å²) in [5.74, 6) is 0. The lowest BCUT2D eigenvalue weighted by Gasteiger charge is -2.20. The zero-order valence-corrected chi connectivity index (χ0v) is 12.6. The molecule has 1 aliphatic carbocycles. The fraction of sp³-hybridized carbons (Fsp3) is 0.417. The summed E-state index contributed by atoms with van der Waals surface area (Å²) in [4.78, 5) is 4.12. The molecule has 0 amide bonds. The lowest BCUT2D eigenvalue weighted by molar-refractivity contribution is 0.397. The van der Waals surface area contributed by atoms with Crippen LogP contribution in [-0.4, -0.2) is 33.9 Å². The molecule has 1 saturated carbocycles. The van der Waals surface area contributed by atoms with Crippen LogP contribution in [-0.2, 0) is 16.6 Å². The van der Waals surface area contributed by atoms with Crippen molar-refractivity contribution in [3.63, 3.8) is 0 Å². The summed E-state index contributed by atoms with van der Waals surface area (Å²) < 4.78 is 26.9. The minimum absolute atomic E-state index is 0.0735. The molecule has 0 saturated heterocycles. The van der Waals surface area contributed by atoms with Crippen LogP contribution in [0.3, 0.4) is 0 Å². The van der Waals surface area contributed by atoms with Crippen LogP contribution in [0.15, 0.2) is 29.4 Å². The summed E-state index contributed by atoms with van der Waals surface area (Å²) in [5, 5.41) is 9.52. The van der Waals surface area contributed by atoms with Crippen molar-refractivity contribution in [3.8, 4) is 0 Å². The Hall–Kier alpha value is -1.38. The van der Waals surface area contributed by atoms with Crippen molar-refractivity contribution in [1.82, 2.24) is 19.5 Å². The number of aryl methyl sites for hydroxylation is 1. The van der Waals surface area contributed by atoms with E-state index >= 15 is 0 Å². The summed E-state index contributed by atoms with van der Waals surface area (Å²) >= 11 is 1.43. The SMILES string of the molecule is Cc1nnc(CN(C2CC2)S(=O)(=O)c2cccnc2)s1. The number of rotatable bonds is 5. The Bertz CT molecular complexity index is 695. The highest BCUT2D eigenvalue weighted by molar-refractivity contribution is 7.89. The Morgan fingerprint density at radius 2 is 2.20 bits per heavy atom. The van der Waals surface area contributed by atoms with Gasteiger partial charge in [-0.15, -0.1) is 21.5 Å². The third kappa shape index (κ3) is 2.72. The first-order valence-corrected chi connectivity index (χ1v) is 8.54. The summed E-state index contributed by atoms with van der Waals surface area (Å²) in [6, 6.07) is 3.28. The van der Waals surface area contributed by atoms with Gasteiger partial charge in [-0.3, -0.25) is 4.98 Å². The largest absolute Gasteiger partial charge is 0.263 e. The lowest BCUT2D eigenvalue weighted by atomic mass is 10.5. The zero-order valence-electron chi connectivity index (χ0n) is 10.9. The van der Waals surface area contributed by atoms with Crippen LogP contribution >= 0.6 is 11.3 Å². The lowest BCUT2D eigenvalue weighted by Crippen LogP contribution is -2.32. The van der Waals surface area contributed by atoms with E-state index in [2.05, 4.69) is 15.2 Å². The molecule has 0 spiro atoms. The smallest absolute Gasteiger partial charge is 0.245 e. The Labute approximate surface area is 121 Å². The molecule has 20 heavy (non-hydrogen) atoms. The van der Waals surface area contributed by atoms with Crippen molar-refractivity contribution >= 4 is 21.4 Å². The standard InChI is InChI=1S/C12H14N4O2S2/c1-9-14-15-12(19-9)8-16(10-4-5-10)20(17,18)11-3-2-6-13-7-11/h2-3,6-7,10H,4-5,8H2,1H3. The number of hydrogen-bond acceptors (Lipinski definition) is 6. The van der Waals surface area contributed by atoms with E-state index in [-0.39, 0.29) is 17.5 Å². The quantitative estimate of drug-likeness (QED) is 0.838. The molecular weight excluding hydrogens is 296 g/mol. The van der Waals surface area contributed by atoms with Gasteiger partial charge in [-0.2, -0.15) is 4.31 Å². The highest BCUT2D eigenvalue weighted by atomic mass is 32.2. The summed E-state index contributed by atoms with van der Waals surface area (Å²) in [7, 11) is -3.52. The molecule has 1 aliphatic rings. The van der Waals surface area contributed by atoms with Gasteiger partial charge in [0.25, 0.3) is 0 Å². The van der Waals surface area contributed by atoms with Crippen molar-refractivity contribution in [2.24, 2.45) is 0 Å². The molecule has 3 rings (SSSR count). The molecule has 1 fully saturated rings. The molecule has 2 aromatic heterocycles. The molecule has 6 nitrogen and oxygen atoms in total. The van der Waals surface area contributed by atoms with E-state index < -0.39 is 10.0 Å². The predicted octanol–water partition coefficient (Wildman–Crippen LogP) is 1.59. The first kappa shape index (κ1) is 13.6. The van der Waals surface area contributed by atoms with Crippen LogP contribution in [0.1, 0.15) is 22.9 Å². The van der Waals surface area contributed by atoms with Gasteiger partial charge in [-0.1, -0.05) is 0 Å². The predicted molar refractivity (Wildman–Crippen MR) is 74.6 cm³/mol. The second-order valence-electron chi connectivity index (χ2n) is 4.68. The van der Waals surface area contributed by atoms with E-state index in [0.29, 0.717) is 0 Å². The third-order valence-electron chi connectivity index (χ3n) is 3.05. The van der Waals surface area contributed by atoms with Gasteiger partial charge < -0.3 is 0 Å². The summed E-state index contributed by atoms with van der Waals surface area (Å²) in [5.41, 5.74) is 0. The minimum atomic E-state index is -3.52. The van der Waals surface area contributed by atoms with E-state index in [9.17, 15) is 8.42 Å². The van der Waals surface area contributed by atoms with Crippen LogP contribution in [0.2, 0.25) is 0 Å². The van der Waals surface area contributed by atoms with E-state index in [0.717, 1.165) is 22.9 Å². The van der Waals surface area contributed by atoms with E-state index in [1.165, 1.54) is 21.8 Å². The number of pyridine rings is 1. The second kappa shape index (κ2) is 5.19. The van der Waals surface area contributed by atoms with Gasteiger partial charge in [0.2, 0.25) is 10.0 Å². The molecular formula is C12H14N4O2S2. The van der Waals surface area contributed by atoms with Crippen LogP contribution < -0.4 is 0 Å².